The monoisotopic (exact) mass is 418 g/mol. The van der Waals surface area contributed by atoms with Crippen LogP contribution in [0.4, 0.5) is 11.4 Å². The smallest absolute Gasteiger partial charge is 0.266 e. The summed E-state index contributed by atoms with van der Waals surface area (Å²) in [6, 6.07) is 23.7. The number of halogens is 1. The molecule has 150 valence electrons. The lowest BCUT2D eigenvalue weighted by Crippen LogP contribution is -2.37. The van der Waals surface area contributed by atoms with Crippen molar-refractivity contribution in [1.29, 1.82) is 0 Å². The van der Waals surface area contributed by atoms with Crippen molar-refractivity contribution < 1.29 is 14.4 Å². The summed E-state index contributed by atoms with van der Waals surface area (Å²) in [7, 11) is 0. The van der Waals surface area contributed by atoms with Crippen LogP contribution in [0.25, 0.3) is 0 Å². The third-order valence-electron chi connectivity index (χ3n) is 5.63. The zero-order valence-electron chi connectivity index (χ0n) is 16.2. The van der Waals surface area contributed by atoms with E-state index in [0.29, 0.717) is 10.7 Å². The molecule has 5 nitrogen and oxygen atoms in total. The second kappa shape index (κ2) is 7.27. The molecule has 30 heavy (non-hydrogen) atoms. The zero-order valence-corrected chi connectivity index (χ0v) is 17.0. The molecule has 3 atom stereocenters. The Morgan fingerprint density at radius 2 is 1.47 bits per heavy atom. The largest absolute Gasteiger partial charge is 0.273 e. The summed E-state index contributed by atoms with van der Waals surface area (Å²) in [6.45, 7) is 1.96. The molecule has 0 aromatic heterocycles. The molecule has 3 aromatic carbocycles. The van der Waals surface area contributed by atoms with Gasteiger partial charge in [0.15, 0.2) is 6.10 Å². The first-order chi connectivity index (χ1) is 14.5. The van der Waals surface area contributed by atoms with Crippen LogP contribution in [0, 0.1) is 12.8 Å². The number of carbonyl (C=O) groups excluding carboxylic acids is 2. The van der Waals surface area contributed by atoms with Gasteiger partial charge < -0.3 is 0 Å². The number of aryl methyl sites for hydroxylation is 1. The fraction of sp³-hybridized carbons (Fsp3) is 0.167. The SMILES string of the molecule is Cc1ccc(N2C(=O)[C@@H]3[C@H](ON(c4ccccc4)[C@@H]3c3ccc(Cl)cc3)C2=O)cc1. The van der Waals surface area contributed by atoms with E-state index >= 15 is 0 Å². The first kappa shape index (κ1) is 18.9. The maximum Gasteiger partial charge on any atom is 0.266 e. The van der Waals surface area contributed by atoms with Crippen molar-refractivity contribution in [2.24, 2.45) is 5.92 Å². The van der Waals surface area contributed by atoms with Crippen LogP contribution >= 0.6 is 11.6 Å². The van der Waals surface area contributed by atoms with E-state index in [0.717, 1.165) is 16.8 Å². The van der Waals surface area contributed by atoms with Crippen LogP contribution in [0.1, 0.15) is 17.2 Å². The Bertz CT molecular complexity index is 1100. The van der Waals surface area contributed by atoms with Gasteiger partial charge in [0, 0.05) is 5.02 Å². The molecule has 0 unspecified atom stereocenters. The highest BCUT2D eigenvalue weighted by Crippen LogP contribution is 2.47. The molecule has 2 saturated heterocycles. The van der Waals surface area contributed by atoms with E-state index in [-0.39, 0.29) is 11.8 Å². The van der Waals surface area contributed by atoms with Crippen molar-refractivity contribution in [2.75, 3.05) is 9.96 Å². The van der Waals surface area contributed by atoms with Gasteiger partial charge in [-0.25, -0.2) is 9.96 Å². The lowest BCUT2D eigenvalue weighted by atomic mass is 9.90. The molecule has 3 aromatic rings. The second-order valence-electron chi connectivity index (χ2n) is 7.56. The average Bonchev–Trinajstić information content (AvgIpc) is 3.27. The molecule has 0 spiro atoms. The number of hydroxylamine groups is 1. The summed E-state index contributed by atoms with van der Waals surface area (Å²) in [5, 5.41) is 2.29. The van der Waals surface area contributed by atoms with Crippen molar-refractivity contribution in [2.45, 2.75) is 19.1 Å². The summed E-state index contributed by atoms with van der Waals surface area (Å²) in [5.41, 5.74) is 3.27. The molecular formula is C24H19ClN2O3. The third kappa shape index (κ3) is 2.98. The van der Waals surface area contributed by atoms with Gasteiger partial charge in [0.1, 0.15) is 5.92 Å². The maximum atomic E-state index is 13.5. The first-order valence-electron chi connectivity index (χ1n) is 9.75. The lowest BCUT2D eigenvalue weighted by molar-refractivity contribution is -0.126. The predicted molar refractivity (Wildman–Crippen MR) is 115 cm³/mol. The van der Waals surface area contributed by atoms with E-state index in [1.165, 1.54) is 4.90 Å². The number of benzene rings is 3. The van der Waals surface area contributed by atoms with Crippen LogP contribution in [-0.4, -0.2) is 17.9 Å². The average molecular weight is 419 g/mol. The van der Waals surface area contributed by atoms with Crippen LogP contribution in [0.3, 0.4) is 0 Å². The van der Waals surface area contributed by atoms with E-state index in [4.69, 9.17) is 16.4 Å². The normalized spacial score (nSPS) is 23.2. The maximum absolute atomic E-state index is 13.5. The highest BCUT2D eigenvalue weighted by Gasteiger charge is 2.60. The highest BCUT2D eigenvalue weighted by atomic mass is 35.5. The van der Waals surface area contributed by atoms with Gasteiger partial charge in [-0.3, -0.25) is 14.4 Å². The van der Waals surface area contributed by atoms with Gasteiger partial charge in [-0.2, -0.15) is 0 Å². The Labute approximate surface area is 179 Å². The molecule has 0 bridgehead atoms. The number of hydrogen-bond donors (Lipinski definition) is 0. The Morgan fingerprint density at radius 1 is 0.800 bits per heavy atom. The van der Waals surface area contributed by atoms with E-state index in [2.05, 4.69) is 0 Å². The number of para-hydroxylation sites is 1. The fourth-order valence-corrected chi connectivity index (χ4v) is 4.29. The van der Waals surface area contributed by atoms with Crippen molar-refractivity contribution in [3.8, 4) is 0 Å². The van der Waals surface area contributed by atoms with Crippen molar-refractivity contribution in [3.63, 3.8) is 0 Å². The van der Waals surface area contributed by atoms with Gasteiger partial charge in [-0.1, -0.05) is 59.6 Å². The van der Waals surface area contributed by atoms with E-state index < -0.39 is 18.1 Å². The van der Waals surface area contributed by atoms with Gasteiger partial charge in [0.05, 0.1) is 17.4 Å². The second-order valence-corrected chi connectivity index (χ2v) is 7.99. The van der Waals surface area contributed by atoms with Crippen molar-refractivity contribution in [1.82, 2.24) is 0 Å². The van der Waals surface area contributed by atoms with Crippen LogP contribution in [-0.2, 0) is 14.4 Å². The first-order valence-corrected chi connectivity index (χ1v) is 10.1. The van der Waals surface area contributed by atoms with Crippen LogP contribution in [0.5, 0.6) is 0 Å². The minimum absolute atomic E-state index is 0.257. The molecule has 0 saturated carbocycles. The number of carbonyl (C=O) groups is 2. The van der Waals surface area contributed by atoms with Crippen LogP contribution < -0.4 is 9.96 Å². The summed E-state index contributed by atoms with van der Waals surface area (Å²) in [6.07, 6.45) is -0.875. The molecule has 2 aliphatic rings. The summed E-state index contributed by atoms with van der Waals surface area (Å²) in [5.74, 6) is -1.25. The van der Waals surface area contributed by atoms with E-state index in [1.807, 2.05) is 61.5 Å². The number of nitrogens with zero attached hydrogens (tertiary/aromatic N) is 2. The number of amides is 2. The zero-order chi connectivity index (χ0) is 20.8. The molecule has 2 aliphatic heterocycles. The molecule has 2 amide bonds. The van der Waals surface area contributed by atoms with Crippen LogP contribution in [0.2, 0.25) is 5.02 Å². The minimum atomic E-state index is -0.875. The molecule has 2 heterocycles. The summed E-state index contributed by atoms with van der Waals surface area (Å²) < 4.78 is 0. The number of fused-ring (bicyclic) bond motifs is 1. The van der Waals surface area contributed by atoms with E-state index in [9.17, 15) is 9.59 Å². The lowest BCUT2D eigenvalue weighted by Gasteiger charge is -2.28. The Kier molecular flexibility index (Phi) is 4.57. The van der Waals surface area contributed by atoms with Gasteiger partial charge in [-0.15, -0.1) is 0 Å². The molecule has 0 N–H and O–H groups in total. The molecule has 5 rings (SSSR count). The fourth-order valence-electron chi connectivity index (χ4n) is 4.16. The predicted octanol–water partition coefficient (Wildman–Crippen LogP) is 4.70. The van der Waals surface area contributed by atoms with Crippen molar-refractivity contribution >= 4 is 34.8 Å². The standard InChI is InChI=1S/C24H19ClN2O3/c1-15-7-13-18(14-8-15)26-23(28)20-21(16-9-11-17(25)12-10-16)27(30-22(20)24(26)29)19-5-3-2-4-6-19/h2-14,20-22H,1H3/t20-,21+,22-/m0/s1. The molecule has 0 aliphatic carbocycles. The number of hydrogen-bond acceptors (Lipinski definition) is 4. The topological polar surface area (TPSA) is 49.9 Å². The Balaban J connectivity index is 1.58. The van der Waals surface area contributed by atoms with Gasteiger partial charge in [-0.05, 0) is 48.9 Å². The number of anilines is 2. The third-order valence-corrected chi connectivity index (χ3v) is 5.88. The highest BCUT2D eigenvalue weighted by molar-refractivity contribution is 6.30. The molecular weight excluding hydrogens is 400 g/mol. The molecule has 2 fully saturated rings. The number of imide groups is 1. The van der Waals surface area contributed by atoms with Crippen molar-refractivity contribution in [3.05, 3.63) is 95.0 Å². The quantitative estimate of drug-likeness (QED) is 0.578. The Morgan fingerprint density at radius 3 is 2.13 bits per heavy atom. The summed E-state index contributed by atoms with van der Waals surface area (Å²) in [4.78, 5) is 34.1. The van der Waals surface area contributed by atoms with Crippen LogP contribution in [0.15, 0.2) is 78.9 Å². The molecule has 6 heteroatoms. The van der Waals surface area contributed by atoms with Gasteiger partial charge >= 0.3 is 0 Å². The van der Waals surface area contributed by atoms with Gasteiger partial charge in [0.2, 0.25) is 5.91 Å². The van der Waals surface area contributed by atoms with E-state index in [1.54, 1.807) is 29.3 Å². The number of rotatable bonds is 3. The summed E-state index contributed by atoms with van der Waals surface area (Å²) >= 11 is 6.08. The molecule has 0 radical (unpaired) electrons. The Hall–Kier alpha value is -3.15. The van der Waals surface area contributed by atoms with Gasteiger partial charge in [0.25, 0.3) is 5.91 Å². The minimum Gasteiger partial charge on any atom is -0.273 e.